The number of carboxylic acid groups (broad SMARTS) is 1. The Kier molecular flexibility index (Phi) is 3.87. The van der Waals surface area contributed by atoms with E-state index in [9.17, 15) is 13.2 Å². The third kappa shape index (κ3) is 2.86. The molecule has 1 aromatic heterocycles. The second-order valence-corrected chi connectivity index (χ2v) is 6.94. The number of carboxylic acids is 1. The molecule has 0 bridgehead atoms. The molecular weight excluding hydrogens is 300 g/mol. The van der Waals surface area contributed by atoms with Gasteiger partial charge in [0.15, 0.2) is 9.84 Å². The zero-order valence-corrected chi connectivity index (χ0v) is 12.4. The number of H-pyrrole nitrogens is 1. The number of nitrogens with zero attached hydrogens (tertiary/aromatic N) is 1. The van der Waals surface area contributed by atoms with E-state index in [-0.39, 0.29) is 10.6 Å². The van der Waals surface area contributed by atoms with E-state index < -0.39 is 15.8 Å². The number of aromatic amines is 1. The highest BCUT2D eigenvalue weighted by Gasteiger charge is 2.15. The summed E-state index contributed by atoms with van der Waals surface area (Å²) in [5.41, 5.74) is 1.10. The molecule has 0 saturated carbocycles. The quantitative estimate of drug-likeness (QED) is 0.836. The SMILES string of the molecule is CSc1cc(-c2cc(C(=O)O)[nH]n2)ccc1S(C)(=O)=O. The lowest BCUT2D eigenvalue weighted by molar-refractivity contribution is 0.0690. The highest BCUT2D eigenvalue weighted by Crippen LogP contribution is 2.29. The molecule has 0 radical (unpaired) electrons. The minimum Gasteiger partial charge on any atom is -0.477 e. The van der Waals surface area contributed by atoms with Crippen molar-refractivity contribution in [1.29, 1.82) is 0 Å². The molecule has 1 heterocycles. The van der Waals surface area contributed by atoms with Gasteiger partial charge in [-0.05, 0) is 24.5 Å². The molecule has 8 heteroatoms. The molecule has 0 unspecified atom stereocenters. The Morgan fingerprint density at radius 1 is 1.35 bits per heavy atom. The van der Waals surface area contributed by atoms with Crippen LogP contribution in [0.2, 0.25) is 0 Å². The number of hydrogen-bond donors (Lipinski definition) is 2. The van der Waals surface area contributed by atoms with Crippen LogP contribution in [0.5, 0.6) is 0 Å². The van der Waals surface area contributed by atoms with Crippen LogP contribution < -0.4 is 0 Å². The van der Waals surface area contributed by atoms with Crippen molar-refractivity contribution >= 4 is 27.6 Å². The van der Waals surface area contributed by atoms with Crippen LogP contribution in [0.25, 0.3) is 11.3 Å². The summed E-state index contributed by atoms with van der Waals surface area (Å²) in [6.45, 7) is 0. The third-order valence-corrected chi connectivity index (χ3v) is 4.73. The standard InChI is InChI=1S/C12H12N2O4S2/c1-19-10-5-7(3-4-11(10)20(2,17)18)8-6-9(12(15)16)14-13-8/h3-6H,1-2H3,(H,13,14)(H,15,16). The molecule has 2 N–H and O–H groups in total. The molecule has 0 aliphatic carbocycles. The predicted molar refractivity (Wildman–Crippen MR) is 75.9 cm³/mol. The number of thioether (sulfide) groups is 1. The number of rotatable bonds is 4. The largest absolute Gasteiger partial charge is 0.477 e. The molecule has 0 aliphatic rings. The van der Waals surface area contributed by atoms with Gasteiger partial charge in [-0.15, -0.1) is 11.8 Å². The average Bonchev–Trinajstić information content (AvgIpc) is 2.86. The van der Waals surface area contributed by atoms with E-state index in [1.807, 2.05) is 0 Å². The fourth-order valence-electron chi connectivity index (χ4n) is 1.71. The highest BCUT2D eigenvalue weighted by molar-refractivity contribution is 7.99. The molecule has 0 amide bonds. The average molecular weight is 312 g/mol. The summed E-state index contributed by atoms with van der Waals surface area (Å²) in [6.07, 6.45) is 2.93. The Balaban J connectivity index is 2.51. The van der Waals surface area contributed by atoms with E-state index >= 15 is 0 Å². The van der Waals surface area contributed by atoms with Gasteiger partial charge in [0, 0.05) is 16.7 Å². The molecule has 2 aromatic rings. The van der Waals surface area contributed by atoms with Crippen LogP contribution in [0.1, 0.15) is 10.5 Å². The van der Waals surface area contributed by atoms with Gasteiger partial charge in [0.2, 0.25) is 0 Å². The van der Waals surface area contributed by atoms with Crippen LogP contribution in [0.4, 0.5) is 0 Å². The molecular formula is C12H12N2O4S2. The van der Waals surface area contributed by atoms with E-state index in [1.54, 1.807) is 18.4 Å². The van der Waals surface area contributed by atoms with E-state index in [2.05, 4.69) is 10.2 Å². The van der Waals surface area contributed by atoms with Crippen LogP contribution in [0, 0.1) is 0 Å². The Bertz CT molecular complexity index is 766. The smallest absolute Gasteiger partial charge is 0.353 e. The monoisotopic (exact) mass is 312 g/mol. The zero-order chi connectivity index (χ0) is 14.9. The topological polar surface area (TPSA) is 100 Å². The molecule has 20 heavy (non-hydrogen) atoms. The number of hydrogen-bond acceptors (Lipinski definition) is 5. The second kappa shape index (κ2) is 5.29. The highest BCUT2D eigenvalue weighted by atomic mass is 32.2. The minimum absolute atomic E-state index is 0.0158. The van der Waals surface area contributed by atoms with Gasteiger partial charge in [-0.1, -0.05) is 6.07 Å². The summed E-state index contributed by atoms with van der Waals surface area (Å²) in [6, 6.07) is 6.20. The van der Waals surface area contributed by atoms with E-state index in [1.165, 1.54) is 23.9 Å². The van der Waals surface area contributed by atoms with Crippen molar-refractivity contribution in [3.05, 3.63) is 30.0 Å². The Hall–Kier alpha value is -1.80. The number of benzene rings is 1. The molecule has 0 spiro atoms. The molecule has 2 rings (SSSR count). The van der Waals surface area contributed by atoms with Gasteiger partial charge in [0.1, 0.15) is 5.69 Å². The van der Waals surface area contributed by atoms with Crippen molar-refractivity contribution in [3.8, 4) is 11.3 Å². The van der Waals surface area contributed by atoms with Crippen molar-refractivity contribution < 1.29 is 18.3 Å². The lowest BCUT2D eigenvalue weighted by atomic mass is 10.1. The van der Waals surface area contributed by atoms with Crippen LogP contribution in [0.15, 0.2) is 34.1 Å². The van der Waals surface area contributed by atoms with Crippen molar-refractivity contribution in [3.63, 3.8) is 0 Å². The van der Waals surface area contributed by atoms with Crippen molar-refractivity contribution in [2.45, 2.75) is 9.79 Å². The van der Waals surface area contributed by atoms with Gasteiger partial charge in [0.25, 0.3) is 0 Å². The van der Waals surface area contributed by atoms with E-state index in [0.717, 1.165) is 6.26 Å². The Morgan fingerprint density at radius 2 is 2.05 bits per heavy atom. The summed E-state index contributed by atoms with van der Waals surface area (Å²) in [7, 11) is -3.30. The number of aromatic carboxylic acids is 1. The fraction of sp³-hybridized carbons (Fsp3) is 0.167. The molecule has 6 nitrogen and oxygen atoms in total. The van der Waals surface area contributed by atoms with Crippen molar-refractivity contribution in [1.82, 2.24) is 10.2 Å². The first kappa shape index (κ1) is 14.6. The summed E-state index contributed by atoms with van der Waals surface area (Å²) >= 11 is 1.31. The molecule has 0 atom stereocenters. The van der Waals surface area contributed by atoms with Gasteiger partial charge in [-0.25, -0.2) is 13.2 Å². The molecule has 0 saturated heterocycles. The maximum absolute atomic E-state index is 11.6. The van der Waals surface area contributed by atoms with E-state index in [4.69, 9.17) is 5.11 Å². The summed E-state index contributed by atoms with van der Waals surface area (Å²) in [4.78, 5) is 11.7. The maximum Gasteiger partial charge on any atom is 0.353 e. The lowest BCUT2D eigenvalue weighted by Gasteiger charge is -2.07. The summed E-state index contributed by atoms with van der Waals surface area (Å²) in [5.74, 6) is -1.10. The molecule has 0 fully saturated rings. The first-order chi connectivity index (χ1) is 9.32. The molecule has 1 aromatic carbocycles. The second-order valence-electron chi connectivity index (χ2n) is 4.11. The van der Waals surface area contributed by atoms with Crippen LogP contribution >= 0.6 is 11.8 Å². The van der Waals surface area contributed by atoms with Crippen LogP contribution in [0.3, 0.4) is 0 Å². The predicted octanol–water partition coefficient (Wildman–Crippen LogP) is 1.90. The van der Waals surface area contributed by atoms with Gasteiger partial charge in [-0.3, -0.25) is 5.10 Å². The van der Waals surface area contributed by atoms with Crippen LogP contribution in [-0.4, -0.2) is 42.2 Å². The Morgan fingerprint density at radius 3 is 2.55 bits per heavy atom. The maximum atomic E-state index is 11.6. The first-order valence-corrected chi connectivity index (χ1v) is 8.61. The number of nitrogens with one attached hydrogen (secondary N) is 1. The molecule has 0 aliphatic heterocycles. The number of sulfone groups is 1. The Labute approximate surface area is 120 Å². The first-order valence-electron chi connectivity index (χ1n) is 5.50. The zero-order valence-electron chi connectivity index (χ0n) is 10.7. The van der Waals surface area contributed by atoms with Crippen molar-refractivity contribution in [2.75, 3.05) is 12.5 Å². The minimum atomic E-state index is -3.30. The number of aromatic nitrogens is 2. The summed E-state index contributed by atoms with van der Waals surface area (Å²) < 4.78 is 23.3. The summed E-state index contributed by atoms with van der Waals surface area (Å²) in [5, 5.41) is 15.2. The number of carbonyl (C=O) groups is 1. The fourth-order valence-corrected chi connectivity index (χ4v) is 3.67. The van der Waals surface area contributed by atoms with Crippen LogP contribution in [-0.2, 0) is 9.84 Å². The third-order valence-electron chi connectivity index (χ3n) is 2.67. The van der Waals surface area contributed by atoms with E-state index in [0.29, 0.717) is 16.2 Å². The van der Waals surface area contributed by atoms with Gasteiger partial charge >= 0.3 is 5.97 Å². The van der Waals surface area contributed by atoms with Crippen molar-refractivity contribution in [2.24, 2.45) is 0 Å². The van der Waals surface area contributed by atoms with Gasteiger partial charge < -0.3 is 5.11 Å². The van der Waals surface area contributed by atoms with Gasteiger partial charge in [-0.2, -0.15) is 5.10 Å². The normalized spacial score (nSPS) is 11.5. The van der Waals surface area contributed by atoms with Gasteiger partial charge in [0.05, 0.1) is 10.6 Å². The molecule has 106 valence electrons. The lowest BCUT2D eigenvalue weighted by Crippen LogP contribution is -1.99.